The number of hydrogen-bond acceptors (Lipinski definition) is 5. The molecule has 32 heavy (non-hydrogen) atoms. The van der Waals surface area contributed by atoms with Gasteiger partial charge in [0.05, 0.1) is 16.9 Å². The van der Waals surface area contributed by atoms with Crippen molar-refractivity contribution in [1.29, 1.82) is 0 Å². The molecular weight excluding hydrogens is 424 g/mol. The first-order valence-electron chi connectivity index (χ1n) is 9.59. The number of hydrogen-bond donors (Lipinski definition) is 1. The van der Waals surface area contributed by atoms with E-state index < -0.39 is 30.2 Å². The lowest BCUT2D eigenvalue weighted by Crippen LogP contribution is -2.32. The second-order valence-electron chi connectivity index (χ2n) is 6.88. The lowest BCUT2D eigenvalue weighted by molar-refractivity contribution is -0.123. The van der Waals surface area contributed by atoms with Crippen LogP contribution in [-0.4, -0.2) is 34.0 Å². The van der Waals surface area contributed by atoms with E-state index in [-0.39, 0.29) is 17.0 Å². The van der Waals surface area contributed by atoms with Gasteiger partial charge >= 0.3 is 12.6 Å². The first-order valence-corrected chi connectivity index (χ1v) is 9.59. The van der Waals surface area contributed by atoms with Gasteiger partial charge in [0.15, 0.2) is 6.10 Å². The van der Waals surface area contributed by atoms with Crippen LogP contribution in [0, 0.1) is 6.92 Å². The molecule has 0 aliphatic rings. The third-order valence-electron chi connectivity index (χ3n) is 4.75. The zero-order valence-electron chi connectivity index (χ0n) is 17.5. The molecule has 0 spiro atoms. The van der Waals surface area contributed by atoms with Gasteiger partial charge < -0.3 is 14.8 Å². The molecule has 3 aromatic rings. The molecule has 3 rings (SSSR count). The van der Waals surface area contributed by atoms with Crippen molar-refractivity contribution >= 4 is 17.6 Å². The summed E-state index contributed by atoms with van der Waals surface area (Å²) in [6, 6.07) is 13.9. The smallest absolute Gasteiger partial charge is 0.387 e. The van der Waals surface area contributed by atoms with Crippen LogP contribution in [0.25, 0.3) is 5.69 Å². The van der Waals surface area contributed by atoms with Crippen LogP contribution in [0.5, 0.6) is 5.75 Å². The van der Waals surface area contributed by atoms with Crippen LogP contribution >= 0.6 is 0 Å². The summed E-state index contributed by atoms with van der Waals surface area (Å²) in [5.41, 5.74) is 0.665. The Balaban J connectivity index is 1.74. The molecule has 1 aromatic heterocycles. The molecule has 0 bridgehead atoms. The van der Waals surface area contributed by atoms with Gasteiger partial charge in [0.2, 0.25) is 0 Å². The molecule has 0 radical (unpaired) electrons. The number of para-hydroxylation sites is 1. The molecule has 10 heteroatoms. The molecule has 168 valence electrons. The molecule has 8 nitrogen and oxygen atoms in total. The van der Waals surface area contributed by atoms with Gasteiger partial charge in [-0.3, -0.25) is 14.3 Å². The summed E-state index contributed by atoms with van der Waals surface area (Å²) in [6.07, 6.45) is -1.26. The van der Waals surface area contributed by atoms with E-state index in [9.17, 15) is 23.2 Å². The largest absolute Gasteiger partial charge is 0.449 e. The highest BCUT2D eigenvalue weighted by Crippen LogP contribution is 2.18. The quantitative estimate of drug-likeness (QED) is 0.564. The van der Waals surface area contributed by atoms with E-state index in [0.717, 1.165) is 6.07 Å². The Morgan fingerprint density at radius 2 is 1.75 bits per heavy atom. The van der Waals surface area contributed by atoms with E-state index in [1.54, 1.807) is 42.9 Å². The van der Waals surface area contributed by atoms with Gasteiger partial charge in [-0.25, -0.2) is 9.48 Å². The molecule has 1 amide bonds. The van der Waals surface area contributed by atoms with Crippen molar-refractivity contribution < 1.29 is 27.8 Å². The van der Waals surface area contributed by atoms with Crippen LogP contribution in [0.1, 0.15) is 23.0 Å². The lowest BCUT2D eigenvalue weighted by atomic mass is 10.2. The fourth-order valence-corrected chi connectivity index (χ4v) is 3.02. The summed E-state index contributed by atoms with van der Waals surface area (Å²) in [6.45, 7) is -0.0393. The van der Waals surface area contributed by atoms with E-state index >= 15 is 0 Å². The molecule has 0 fully saturated rings. The Hall–Kier alpha value is -3.95. The van der Waals surface area contributed by atoms with Crippen molar-refractivity contribution in [1.82, 2.24) is 9.36 Å². The molecule has 1 atom stereocenters. The van der Waals surface area contributed by atoms with Gasteiger partial charge in [-0.2, -0.15) is 8.78 Å². The Morgan fingerprint density at radius 3 is 2.41 bits per heavy atom. The number of rotatable bonds is 7. The predicted molar refractivity (Wildman–Crippen MR) is 112 cm³/mol. The molecule has 0 saturated heterocycles. The monoisotopic (exact) mass is 445 g/mol. The lowest BCUT2D eigenvalue weighted by Gasteiger charge is -2.13. The van der Waals surface area contributed by atoms with Gasteiger partial charge in [-0.15, -0.1) is 0 Å². The molecule has 0 aliphatic heterocycles. The van der Waals surface area contributed by atoms with Crippen LogP contribution in [0.2, 0.25) is 0 Å². The maximum Gasteiger partial charge on any atom is 0.387 e. The van der Waals surface area contributed by atoms with Gasteiger partial charge in [-0.05, 0) is 44.2 Å². The molecule has 2 aromatic carbocycles. The minimum Gasteiger partial charge on any atom is -0.449 e. The zero-order chi connectivity index (χ0) is 23.4. The number of anilines is 1. The standard InChI is InChI=1S/C22H21F2N3O5/c1-13-18(20(29)27(26(13)3)16-9-5-4-6-10-16)25-19(28)14(2)31-21(30)15-8-7-11-17(12-15)32-22(23)24/h4-12,14,22H,1-3H3,(H,25,28)/t14-/m0/s1. The fourth-order valence-electron chi connectivity index (χ4n) is 3.02. The molecule has 1 N–H and O–H groups in total. The number of esters is 1. The first kappa shape index (κ1) is 22.7. The summed E-state index contributed by atoms with van der Waals surface area (Å²) >= 11 is 0. The summed E-state index contributed by atoms with van der Waals surface area (Å²) < 4.78 is 37.1. The van der Waals surface area contributed by atoms with Crippen molar-refractivity contribution in [3.8, 4) is 11.4 Å². The Labute approximate surface area is 182 Å². The number of benzene rings is 2. The van der Waals surface area contributed by atoms with Crippen molar-refractivity contribution in [2.24, 2.45) is 7.05 Å². The maximum atomic E-state index is 12.9. The van der Waals surface area contributed by atoms with Crippen molar-refractivity contribution in [2.75, 3.05) is 5.32 Å². The van der Waals surface area contributed by atoms with E-state index in [0.29, 0.717) is 11.4 Å². The average molecular weight is 445 g/mol. The van der Waals surface area contributed by atoms with Crippen LogP contribution in [0.4, 0.5) is 14.5 Å². The summed E-state index contributed by atoms with van der Waals surface area (Å²) in [5, 5.41) is 2.51. The van der Waals surface area contributed by atoms with Gasteiger partial charge in [0, 0.05) is 7.05 Å². The third kappa shape index (κ3) is 4.85. The summed E-state index contributed by atoms with van der Waals surface area (Å²) in [4.78, 5) is 37.8. The Bertz CT molecular complexity index is 1190. The van der Waals surface area contributed by atoms with Gasteiger partial charge in [-0.1, -0.05) is 24.3 Å². The number of nitrogens with one attached hydrogen (secondary N) is 1. The van der Waals surface area contributed by atoms with E-state index in [4.69, 9.17) is 4.74 Å². The minimum atomic E-state index is -3.04. The summed E-state index contributed by atoms with van der Waals surface area (Å²) in [5.74, 6) is -1.84. The van der Waals surface area contributed by atoms with Crippen LogP contribution in [0.3, 0.4) is 0 Å². The second kappa shape index (κ2) is 9.46. The van der Waals surface area contributed by atoms with Crippen molar-refractivity contribution in [3.05, 3.63) is 76.2 Å². The van der Waals surface area contributed by atoms with Crippen LogP contribution < -0.4 is 15.6 Å². The Kier molecular flexibility index (Phi) is 6.72. The van der Waals surface area contributed by atoms with Crippen LogP contribution in [-0.2, 0) is 16.6 Å². The number of alkyl halides is 2. The maximum absolute atomic E-state index is 12.9. The number of carbonyl (C=O) groups is 2. The average Bonchev–Trinajstić information content (AvgIpc) is 2.97. The number of halogens is 2. The molecule has 0 aliphatic carbocycles. The molecule has 0 saturated carbocycles. The third-order valence-corrected chi connectivity index (χ3v) is 4.75. The molecule has 1 heterocycles. The molecular formula is C22H21F2N3O5. The number of aromatic nitrogens is 2. The van der Waals surface area contributed by atoms with Crippen LogP contribution in [0.15, 0.2) is 59.4 Å². The highest BCUT2D eigenvalue weighted by molar-refractivity contribution is 5.97. The predicted octanol–water partition coefficient (Wildman–Crippen LogP) is 3.27. The van der Waals surface area contributed by atoms with E-state index in [2.05, 4.69) is 10.1 Å². The second-order valence-corrected chi connectivity index (χ2v) is 6.88. The topological polar surface area (TPSA) is 91.6 Å². The number of nitrogens with zero attached hydrogens (tertiary/aromatic N) is 2. The number of ether oxygens (including phenoxy) is 2. The SMILES string of the molecule is Cc1c(NC(=O)[C@H](C)OC(=O)c2cccc(OC(F)F)c2)c(=O)n(-c2ccccc2)n1C. The highest BCUT2D eigenvalue weighted by Gasteiger charge is 2.24. The molecule has 0 unspecified atom stereocenters. The van der Waals surface area contributed by atoms with E-state index in [1.807, 2.05) is 6.07 Å². The fraction of sp³-hybridized carbons (Fsp3) is 0.227. The summed E-state index contributed by atoms with van der Waals surface area (Å²) in [7, 11) is 1.68. The first-order chi connectivity index (χ1) is 15.2. The minimum absolute atomic E-state index is 0.0524. The zero-order valence-corrected chi connectivity index (χ0v) is 17.5. The number of amides is 1. The van der Waals surface area contributed by atoms with Gasteiger partial charge in [0.1, 0.15) is 11.4 Å². The highest BCUT2D eigenvalue weighted by atomic mass is 19.3. The van der Waals surface area contributed by atoms with Crippen molar-refractivity contribution in [2.45, 2.75) is 26.6 Å². The number of carbonyl (C=O) groups excluding carboxylic acids is 2. The van der Waals surface area contributed by atoms with E-state index in [1.165, 1.54) is 29.8 Å². The van der Waals surface area contributed by atoms with Crippen molar-refractivity contribution in [3.63, 3.8) is 0 Å². The van der Waals surface area contributed by atoms with Gasteiger partial charge in [0.25, 0.3) is 11.5 Å². The Morgan fingerprint density at radius 1 is 1.06 bits per heavy atom. The normalized spacial score (nSPS) is 11.8.